The summed E-state index contributed by atoms with van der Waals surface area (Å²) in [5.41, 5.74) is 0.998. The maximum absolute atomic E-state index is 6.10. The van der Waals surface area contributed by atoms with Crippen LogP contribution >= 0.6 is 23.2 Å². The standard InChI is InChI=1S/C17H29Cl2N5/c1-4-20-17(21-8-5-13-6-9-23(2)10-7-13)22-12-14-11-15(18)16(19)24(14)3/h11,13H,4-10,12H2,1-3H3,(H2,20,21,22). The lowest BCUT2D eigenvalue weighted by Gasteiger charge is -2.29. The molecule has 0 aliphatic carbocycles. The average Bonchev–Trinajstić information content (AvgIpc) is 2.81. The number of hydrogen-bond donors (Lipinski definition) is 2. The van der Waals surface area contributed by atoms with Gasteiger partial charge < -0.3 is 20.1 Å². The fourth-order valence-corrected chi connectivity index (χ4v) is 3.40. The molecule has 0 unspecified atom stereocenters. The summed E-state index contributed by atoms with van der Waals surface area (Å²) in [4.78, 5) is 7.05. The van der Waals surface area contributed by atoms with Gasteiger partial charge in [-0.15, -0.1) is 0 Å². The van der Waals surface area contributed by atoms with Gasteiger partial charge in [0.15, 0.2) is 5.96 Å². The SMILES string of the molecule is CCNC(=NCc1cc(Cl)c(Cl)n1C)NCCC1CCN(C)CC1. The highest BCUT2D eigenvalue weighted by Gasteiger charge is 2.16. The van der Waals surface area contributed by atoms with Gasteiger partial charge in [0, 0.05) is 25.8 Å². The van der Waals surface area contributed by atoms with Gasteiger partial charge in [-0.05, 0) is 58.3 Å². The van der Waals surface area contributed by atoms with Gasteiger partial charge in [-0.2, -0.15) is 0 Å². The number of nitrogens with one attached hydrogen (secondary N) is 2. The topological polar surface area (TPSA) is 44.6 Å². The van der Waals surface area contributed by atoms with E-state index in [4.69, 9.17) is 23.2 Å². The van der Waals surface area contributed by atoms with Crippen molar-refractivity contribution in [1.82, 2.24) is 20.1 Å². The van der Waals surface area contributed by atoms with Crippen LogP contribution in [0.5, 0.6) is 0 Å². The van der Waals surface area contributed by atoms with Gasteiger partial charge in [-0.1, -0.05) is 23.2 Å². The number of nitrogens with zero attached hydrogens (tertiary/aromatic N) is 3. The summed E-state index contributed by atoms with van der Waals surface area (Å²) in [6, 6.07) is 1.87. The van der Waals surface area contributed by atoms with Crippen molar-refractivity contribution in [2.24, 2.45) is 18.0 Å². The number of rotatable bonds is 6. The molecule has 5 nitrogen and oxygen atoms in total. The Morgan fingerprint density at radius 3 is 2.54 bits per heavy atom. The Kier molecular flexibility index (Phi) is 7.72. The lowest BCUT2D eigenvalue weighted by Crippen LogP contribution is -2.39. The lowest BCUT2D eigenvalue weighted by atomic mass is 9.94. The van der Waals surface area contributed by atoms with E-state index in [1.54, 1.807) is 0 Å². The highest BCUT2D eigenvalue weighted by Crippen LogP contribution is 2.25. The Morgan fingerprint density at radius 1 is 1.25 bits per heavy atom. The summed E-state index contributed by atoms with van der Waals surface area (Å²) in [5.74, 6) is 1.67. The second-order valence-electron chi connectivity index (χ2n) is 6.49. The molecule has 1 aliphatic heterocycles. The fourth-order valence-electron chi connectivity index (χ4n) is 2.99. The van der Waals surface area contributed by atoms with E-state index in [1.165, 1.54) is 32.4 Å². The molecule has 1 fully saturated rings. The van der Waals surface area contributed by atoms with E-state index >= 15 is 0 Å². The van der Waals surface area contributed by atoms with E-state index in [0.29, 0.717) is 16.7 Å². The van der Waals surface area contributed by atoms with E-state index in [0.717, 1.165) is 30.7 Å². The summed E-state index contributed by atoms with van der Waals surface area (Å²) < 4.78 is 1.87. The van der Waals surface area contributed by atoms with Crippen LogP contribution in [0.4, 0.5) is 0 Å². The van der Waals surface area contributed by atoms with Crippen LogP contribution in [0, 0.1) is 5.92 Å². The van der Waals surface area contributed by atoms with Crippen LogP contribution in [0.15, 0.2) is 11.1 Å². The Morgan fingerprint density at radius 2 is 1.96 bits per heavy atom. The van der Waals surface area contributed by atoms with E-state index in [-0.39, 0.29) is 0 Å². The minimum absolute atomic E-state index is 0.548. The van der Waals surface area contributed by atoms with Crippen molar-refractivity contribution in [3.63, 3.8) is 0 Å². The highest BCUT2D eigenvalue weighted by molar-refractivity contribution is 6.41. The predicted octanol–water partition coefficient (Wildman–Crippen LogP) is 3.12. The fraction of sp³-hybridized carbons (Fsp3) is 0.706. The molecule has 0 saturated carbocycles. The molecule has 1 saturated heterocycles. The number of likely N-dealkylation sites (tertiary alicyclic amines) is 1. The van der Waals surface area contributed by atoms with E-state index in [2.05, 4.69) is 34.5 Å². The first-order valence-electron chi connectivity index (χ1n) is 8.71. The summed E-state index contributed by atoms with van der Waals surface area (Å²) in [5, 5.41) is 7.87. The van der Waals surface area contributed by atoms with Gasteiger partial charge in [-0.3, -0.25) is 0 Å². The minimum Gasteiger partial charge on any atom is -0.357 e. The number of halogens is 2. The molecule has 0 radical (unpaired) electrons. The first kappa shape index (κ1) is 19.4. The number of guanidine groups is 1. The number of aliphatic imine (C=N–C) groups is 1. The van der Waals surface area contributed by atoms with Crippen LogP contribution in [0.25, 0.3) is 0 Å². The number of piperidine rings is 1. The second kappa shape index (κ2) is 9.54. The van der Waals surface area contributed by atoms with Crippen molar-refractivity contribution in [3.8, 4) is 0 Å². The molecular weight excluding hydrogens is 345 g/mol. The summed E-state index contributed by atoms with van der Waals surface area (Å²) >= 11 is 12.2. The van der Waals surface area contributed by atoms with Crippen molar-refractivity contribution in [2.75, 3.05) is 33.2 Å². The third kappa shape index (κ3) is 5.57. The van der Waals surface area contributed by atoms with Gasteiger partial charge in [0.2, 0.25) is 0 Å². The Bertz CT molecular complexity index is 547. The van der Waals surface area contributed by atoms with Crippen molar-refractivity contribution >= 4 is 29.2 Å². The Balaban J connectivity index is 1.83. The highest BCUT2D eigenvalue weighted by atomic mass is 35.5. The van der Waals surface area contributed by atoms with Gasteiger partial charge >= 0.3 is 0 Å². The maximum atomic E-state index is 6.10. The normalized spacial score (nSPS) is 17.3. The van der Waals surface area contributed by atoms with Crippen molar-refractivity contribution in [3.05, 3.63) is 21.9 Å². The molecule has 24 heavy (non-hydrogen) atoms. The van der Waals surface area contributed by atoms with Crippen LogP contribution in [0.2, 0.25) is 10.2 Å². The monoisotopic (exact) mass is 373 g/mol. The molecule has 7 heteroatoms. The van der Waals surface area contributed by atoms with Crippen molar-refractivity contribution in [2.45, 2.75) is 32.7 Å². The molecule has 0 aromatic carbocycles. The van der Waals surface area contributed by atoms with Gasteiger partial charge in [0.25, 0.3) is 0 Å². The molecule has 2 rings (SSSR count). The van der Waals surface area contributed by atoms with Crippen LogP contribution in [0.1, 0.15) is 31.9 Å². The van der Waals surface area contributed by atoms with E-state index in [1.807, 2.05) is 17.7 Å². The zero-order valence-electron chi connectivity index (χ0n) is 14.9. The smallest absolute Gasteiger partial charge is 0.191 e. The first-order valence-corrected chi connectivity index (χ1v) is 9.47. The molecule has 0 spiro atoms. The van der Waals surface area contributed by atoms with Crippen LogP contribution in [-0.4, -0.2) is 48.7 Å². The Hall–Kier alpha value is -0.910. The molecule has 2 N–H and O–H groups in total. The predicted molar refractivity (Wildman–Crippen MR) is 103 cm³/mol. The zero-order chi connectivity index (χ0) is 17.5. The third-order valence-corrected chi connectivity index (χ3v) is 5.48. The molecule has 136 valence electrons. The van der Waals surface area contributed by atoms with Crippen LogP contribution in [0.3, 0.4) is 0 Å². The molecule has 1 aliphatic rings. The maximum Gasteiger partial charge on any atom is 0.191 e. The van der Waals surface area contributed by atoms with Crippen molar-refractivity contribution in [1.29, 1.82) is 0 Å². The van der Waals surface area contributed by atoms with Crippen molar-refractivity contribution < 1.29 is 0 Å². The summed E-state index contributed by atoms with van der Waals surface area (Å²) in [7, 11) is 4.10. The van der Waals surface area contributed by atoms with Gasteiger partial charge in [0.05, 0.1) is 11.6 Å². The quantitative estimate of drug-likeness (QED) is 0.594. The third-order valence-electron chi connectivity index (χ3n) is 4.64. The summed E-state index contributed by atoms with van der Waals surface area (Å²) in [6.07, 6.45) is 3.79. The largest absolute Gasteiger partial charge is 0.357 e. The van der Waals surface area contributed by atoms with Gasteiger partial charge in [-0.25, -0.2) is 4.99 Å². The van der Waals surface area contributed by atoms with Crippen LogP contribution < -0.4 is 10.6 Å². The average molecular weight is 374 g/mol. The van der Waals surface area contributed by atoms with Gasteiger partial charge in [0.1, 0.15) is 5.15 Å². The molecule has 0 atom stereocenters. The molecular formula is C17H29Cl2N5. The minimum atomic E-state index is 0.548. The number of aromatic nitrogens is 1. The molecule has 1 aromatic heterocycles. The van der Waals surface area contributed by atoms with Crippen LogP contribution in [-0.2, 0) is 13.6 Å². The summed E-state index contributed by atoms with van der Waals surface area (Å²) in [6.45, 7) is 6.85. The molecule has 0 amide bonds. The first-order chi connectivity index (χ1) is 11.5. The molecule has 0 bridgehead atoms. The molecule has 2 heterocycles. The molecule has 1 aromatic rings. The lowest BCUT2D eigenvalue weighted by molar-refractivity contribution is 0.213. The zero-order valence-corrected chi connectivity index (χ0v) is 16.4. The Labute approximate surface area is 155 Å². The van der Waals surface area contributed by atoms with E-state index in [9.17, 15) is 0 Å². The van der Waals surface area contributed by atoms with E-state index < -0.39 is 0 Å². The second-order valence-corrected chi connectivity index (χ2v) is 7.26. The number of hydrogen-bond acceptors (Lipinski definition) is 2.